The van der Waals surface area contributed by atoms with Crippen LogP contribution in [0.15, 0.2) is 58.4 Å². The number of benzene rings is 2. The predicted octanol–water partition coefficient (Wildman–Crippen LogP) is 5.08. The molecule has 1 N–H and O–H groups in total. The SMILES string of the molecule is CCS(=O)(=O)c1ccc(Oc2c(C)cccc2C)c(-c2cn(C)c(=O)cc2O[C@H]2CC[C@H](NC(C)=O)CC2)c1. The van der Waals surface area contributed by atoms with Crippen LogP contribution < -0.4 is 20.3 Å². The third-order valence-corrected chi connectivity index (χ3v) is 8.90. The number of rotatable bonds is 8. The molecule has 3 aromatic rings. The number of pyridine rings is 1. The second-order valence-corrected chi connectivity index (χ2v) is 12.5. The van der Waals surface area contributed by atoms with Crippen molar-refractivity contribution in [1.29, 1.82) is 0 Å². The van der Waals surface area contributed by atoms with Crippen LogP contribution in [-0.2, 0) is 21.7 Å². The number of aryl methyl sites for hydroxylation is 3. The largest absolute Gasteiger partial charge is 0.490 e. The lowest BCUT2D eigenvalue weighted by atomic mass is 9.92. The van der Waals surface area contributed by atoms with Crippen molar-refractivity contribution >= 4 is 15.7 Å². The van der Waals surface area contributed by atoms with Crippen molar-refractivity contribution in [1.82, 2.24) is 9.88 Å². The molecule has 4 rings (SSSR count). The topological polar surface area (TPSA) is 104 Å². The second kappa shape index (κ2) is 11.7. The molecule has 1 amide bonds. The molecule has 1 aliphatic rings. The van der Waals surface area contributed by atoms with Crippen molar-refractivity contribution in [3.05, 3.63) is 70.1 Å². The molecule has 1 aromatic heterocycles. The maximum atomic E-state index is 12.8. The van der Waals surface area contributed by atoms with Gasteiger partial charge >= 0.3 is 0 Å². The van der Waals surface area contributed by atoms with Gasteiger partial charge in [0.2, 0.25) is 5.91 Å². The monoisotopic (exact) mass is 552 g/mol. The minimum atomic E-state index is -3.51. The predicted molar refractivity (Wildman–Crippen MR) is 151 cm³/mol. The Labute approximate surface area is 229 Å². The second-order valence-electron chi connectivity index (χ2n) is 10.2. The molecule has 0 radical (unpaired) electrons. The van der Waals surface area contributed by atoms with Gasteiger partial charge in [-0.05, 0) is 68.9 Å². The average Bonchev–Trinajstić information content (AvgIpc) is 2.89. The number of carbonyl (C=O) groups excluding carboxylic acids is 1. The molecular weight excluding hydrogens is 516 g/mol. The molecule has 8 nitrogen and oxygen atoms in total. The number of nitrogens with zero attached hydrogens (tertiary/aromatic N) is 1. The van der Waals surface area contributed by atoms with E-state index in [9.17, 15) is 18.0 Å². The number of nitrogens with one attached hydrogen (secondary N) is 1. The Bertz CT molecular complexity index is 1520. The zero-order valence-electron chi connectivity index (χ0n) is 23.1. The van der Waals surface area contributed by atoms with Crippen molar-refractivity contribution in [3.8, 4) is 28.4 Å². The number of sulfone groups is 1. The Balaban J connectivity index is 1.79. The minimum Gasteiger partial charge on any atom is -0.490 e. The summed E-state index contributed by atoms with van der Waals surface area (Å²) in [5, 5.41) is 2.96. The highest BCUT2D eigenvalue weighted by Gasteiger charge is 2.26. The van der Waals surface area contributed by atoms with Crippen LogP contribution in [-0.4, -0.2) is 36.8 Å². The normalized spacial score (nSPS) is 17.5. The van der Waals surface area contributed by atoms with E-state index in [-0.39, 0.29) is 34.3 Å². The van der Waals surface area contributed by atoms with Crippen molar-refractivity contribution < 1.29 is 22.7 Å². The van der Waals surface area contributed by atoms with E-state index in [0.29, 0.717) is 28.4 Å². The highest BCUT2D eigenvalue weighted by atomic mass is 32.2. The summed E-state index contributed by atoms with van der Waals surface area (Å²) >= 11 is 0. The first-order valence-corrected chi connectivity index (χ1v) is 14.9. The van der Waals surface area contributed by atoms with E-state index in [0.717, 1.165) is 36.8 Å². The summed E-state index contributed by atoms with van der Waals surface area (Å²) in [6.45, 7) is 7.03. The van der Waals surface area contributed by atoms with Gasteiger partial charge in [-0.2, -0.15) is 0 Å². The third-order valence-electron chi connectivity index (χ3n) is 7.17. The number of hydrogen-bond acceptors (Lipinski definition) is 6. The zero-order valence-corrected chi connectivity index (χ0v) is 23.9. The van der Waals surface area contributed by atoms with Gasteiger partial charge in [0.15, 0.2) is 9.84 Å². The Morgan fingerprint density at radius 3 is 2.28 bits per heavy atom. The molecule has 1 aliphatic carbocycles. The van der Waals surface area contributed by atoms with Crippen LogP contribution in [0.5, 0.6) is 17.2 Å². The molecule has 0 unspecified atom stereocenters. The fourth-order valence-corrected chi connectivity index (χ4v) is 5.85. The fraction of sp³-hybridized carbons (Fsp3) is 0.400. The molecule has 39 heavy (non-hydrogen) atoms. The Morgan fingerprint density at radius 2 is 1.67 bits per heavy atom. The first-order chi connectivity index (χ1) is 18.5. The lowest BCUT2D eigenvalue weighted by Crippen LogP contribution is -2.38. The van der Waals surface area contributed by atoms with Crippen LogP contribution in [0, 0.1) is 13.8 Å². The molecule has 0 saturated heterocycles. The van der Waals surface area contributed by atoms with Crippen LogP contribution in [0.3, 0.4) is 0 Å². The number of para-hydroxylation sites is 1. The molecule has 0 spiro atoms. The summed E-state index contributed by atoms with van der Waals surface area (Å²) in [6, 6.07) is 12.2. The molecular formula is C30H36N2O6S. The van der Waals surface area contributed by atoms with E-state index in [1.165, 1.54) is 17.6 Å². The summed E-state index contributed by atoms with van der Waals surface area (Å²) in [6.07, 6.45) is 4.50. The molecule has 9 heteroatoms. The molecule has 2 aromatic carbocycles. The van der Waals surface area contributed by atoms with Gasteiger partial charge in [-0.15, -0.1) is 0 Å². The van der Waals surface area contributed by atoms with Gasteiger partial charge in [-0.3, -0.25) is 9.59 Å². The van der Waals surface area contributed by atoms with E-state index in [1.807, 2.05) is 32.0 Å². The van der Waals surface area contributed by atoms with E-state index in [4.69, 9.17) is 9.47 Å². The van der Waals surface area contributed by atoms with Crippen molar-refractivity contribution in [2.24, 2.45) is 7.05 Å². The van der Waals surface area contributed by atoms with Gasteiger partial charge in [0.05, 0.1) is 16.8 Å². The highest BCUT2D eigenvalue weighted by molar-refractivity contribution is 7.91. The number of amides is 1. The average molecular weight is 553 g/mol. The van der Waals surface area contributed by atoms with Gasteiger partial charge in [-0.25, -0.2) is 8.42 Å². The first kappa shape index (κ1) is 28.4. The van der Waals surface area contributed by atoms with Gasteiger partial charge in [-0.1, -0.05) is 25.1 Å². The van der Waals surface area contributed by atoms with Crippen molar-refractivity contribution in [3.63, 3.8) is 0 Å². The van der Waals surface area contributed by atoms with Crippen LogP contribution in [0.2, 0.25) is 0 Å². The van der Waals surface area contributed by atoms with Gasteiger partial charge in [0.1, 0.15) is 17.2 Å². The number of hydrogen-bond donors (Lipinski definition) is 1. The van der Waals surface area contributed by atoms with E-state index in [2.05, 4.69) is 5.32 Å². The number of ether oxygens (including phenoxy) is 2. The van der Waals surface area contributed by atoms with Gasteiger partial charge in [0, 0.05) is 43.4 Å². The fourth-order valence-electron chi connectivity index (χ4n) is 4.94. The van der Waals surface area contributed by atoms with Crippen LogP contribution in [0.1, 0.15) is 50.7 Å². The van der Waals surface area contributed by atoms with Gasteiger partial charge < -0.3 is 19.4 Å². The number of carbonyl (C=O) groups is 1. The lowest BCUT2D eigenvalue weighted by molar-refractivity contribution is -0.120. The van der Waals surface area contributed by atoms with Crippen LogP contribution >= 0.6 is 0 Å². The summed E-state index contributed by atoms with van der Waals surface area (Å²) in [4.78, 5) is 24.3. The smallest absolute Gasteiger partial charge is 0.254 e. The zero-order chi connectivity index (χ0) is 28.3. The van der Waals surface area contributed by atoms with Crippen LogP contribution in [0.25, 0.3) is 11.1 Å². The maximum absolute atomic E-state index is 12.8. The van der Waals surface area contributed by atoms with E-state index >= 15 is 0 Å². The maximum Gasteiger partial charge on any atom is 0.254 e. The lowest BCUT2D eigenvalue weighted by Gasteiger charge is -2.30. The van der Waals surface area contributed by atoms with E-state index in [1.54, 1.807) is 38.4 Å². The number of aromatic nitrogens is 1. The van der Waals surface area contributed by atoms with Crippen LogP contribution in [0.4, 0.5) is 0 Å². The third kappa shape index (κ3) is 6.53. The molecule has 1 fully saturated rings. The quantitative estimate of drug-likeness (QED) is 0.418. The first-order valence-electron chi connectivity index (χ1n) is 13.2. The Hall–Kier alpha value is -3.59. The van der Waals surface area contributed by atoms with Crippen molar-refractivity contribution in [2.75, 3.05) is 5.75 Å². The van der Waals surface area contributed by atoms with E-state index < -0.39 is 9.84 Å². The highest BCUT2D eigenvalue weighted by Crippen LogP contribution is 2.41. The minimum absolute atomic E-state index is 0.0439. The molecule has 0 bridgehead atoms. The molecule has 1 heterocycles. The summed E-state index contributed by atoms with van der Waals surface area (Å²) < 4.78 is 39.9. The standard InChI is InChI=1S/C30H36N2O6S/c1-6-39(35,36)24-14-15-27(38-30-19(2)8-7-9-20(30)3)25(16-24)26-18-32(5)29(34)17-28(26)37-23-12-10-22(11-13-23)31-21(4)33/h7-9,14-18,22-23H,6,10-13H2,1-5H3,(H,31,33)/t22-,23-. The molecule has 0 aliphatic heterocycles. The summed E-state index contributed by atoms with van der Waals surface area (Å²) in [7, 11) is -1.86. The van der Waals surface area contributed by atoms with Gasteiger partial charge in [0.25, 0.3) is 5.56 Å². The Kier molecular flexibility index (Phi) is 8.49. The Morgan fingerprint density at radius 1 is 1.00 bits per heavy atom. The summed E-state index contributed by atoms with van der Waals surface area (Å²) in [5.41, 5.74) is 2.73. The molecule has 0 atom stereocenters. The van der Waals surface area contributed by atoms with Crippen molar-refractivity contribution in [2.45, 2.75) is 70.4 Å². The molecule has 208 valence electrons. The molecule has 1 saturated carbocycles. The summed E-state index contributed by atoms with van der Waals surface area (Å²) in [5.74, 6) is 1.43.